The Morgan fingerprint density at radius 3 is 2.80 bits per heavy atom. The molecule has 8 rings (SSSR count). The number of anilines is 2. The first-order valence-corrected chi connectivity index (χ1v) is 16.4. The van der Waals surface area contributed by atoms with Gasteiger partial charge in [0.1, 0.15) is 30.2 Å². The van der Waals surface area contributed by atoms with E-state index < -0.39 is 6.17 Å². The number of aryl methyl sites for hydroxylation is 1. The lowest BCUT2D eigenvalue weighted by Crippen LogP contribution is -2.65. The normalized spacial score (nSPS) is 27.9. The van der Waals surface area contributed by atoms with Crippen LogP contribution in [0.4, 0.5) is 20.3 Å². The Kier molecular flexibility index (Phi) is 6.81. The Morgan fingerprint density at radius 2 is 2.00 bits per heavy atom. The largest absolute Gasteiger partial charge is 0.508 e. The molecule has 1 spiro atoms. The van der Waals surface area contributed by atoms with Gasteiger partial charge in [-0.15, -0.1) is 0 Å². The molecule has 45 heavy (non-hydrogen) atoms. The second kappa shape index (κ2) is 10.7. The molecule has 11 heteroatoms. The molecule has 0 saturated carbocycles. The molecule has 0 radical (unpaired) electrons. The van der Waals surface area contributed by atoms with Crippen molar-refractivity contribution in [1.29, 1.82) is 0 Å². The molecule has 238 valence electrons. The quantitative estimate of drug-likeness (QED) is 0.396. The third kappa shape index (κ3) is 4.68. The van der Waals surface area contributed by atoms with Gasteiger partial charge in [0.05, 0.1) is 23.2 Å². The lowest BCUT2D eigenvalue weighted by atomic mass is 9.74. The summed E-state index contributed by atoms with van der Waals surface area (Å²) in [4.78, 5) is 29.2. The van der Waals surface area contributed by atoms with Gasteiger partial charge in [-0.3, -0.25) is 9.69 Å². The SMILES string of the molecule is CCc1c(F)ccc2cc(O)cc(N3CCc4c(nc(OC[C@@]56CCCN5C[C@H](F)C6)nc4N4CCCC5(CNC5=O)C4)C3)c12. The van der Waals surface area contributed by atoms with Crippen LogP contribution in [0.1, 0.15) is 55.8 Å². The van der Waals surface area contributed by atoms with Crippen molar-refractivity contribution in [2.45, 2.75) is 70.1 Å². The van der Waals surface area contributed by atoms with Gasteiger partial charge in [0.2, 0.25) is 5.91 Å². The fourth-order valence-electron chi connectivity index (χ4n) is 8.69. The molecule has 3 atom stereocenters. The first-order chi connectivity index (χ1) is 21.8. The van der Waals surface area contributed by atoms with Gasteiger partial charge in [-0.25, -0.2) is 8.78 Å². The molecule has 1 amide bonds. The minimum atomic E-state index is -0.851. The topological polar surface area (TPSA) is 94.1 Å². The molecule has 0 aliphatic carbocycles. The van der Waals surface area contributed by atoms with Crippen LogP contribution in [-0.4, -0.2) is 83.5 Å². The van der Waals surface area contributed by atoms with Gasteiger partial charge in [0.15, 0.2) is 0 Å². The number of β-lactam (4-membered cyclic amide) rings is 1. The van der Waals surface area contributed by atoms with Gasteiger partial charge in [0.25, 0.3) is 0 Å². The van der Waals surface area contributed by atoms with E-state index in [1.165, 1.54) is 6.07 Å². The van der Waals surface area contributed by atoms with Crippen LogP contribution in [-0.2, 0) is 24.2 Å². The van der Waals surface area contributed by atoms with Crippen LogP contribution < -0.4 is 19.9 Å². The van der Waals surface area contributed by atoms with Crippen molar-refractivity contribution >= 4 is 28.2 Å². The smallest absolute Gasteiger partial charge is 0.318 e. The number of halogens is 2. The minimum Gasteiger partial charge on any atom is -0.508 e. The van der Waals surface area contributed by atoms with Crippen molar-refractivity contribution in [2.24, 2.45) is 5.41 Å². The number of fused-ring (bicyclic) bond motifs is 3. The highest BCUT2D eigenvalue weighted by Gasteiger charge is 2.51. The van der Waals surface area contributed by atoms with Gasteiger partial charge in [-0.2, -0.15) is 9.97 Å². The number of hydrogen-bond acceptors (Lipinski definition) is 8. The highest BCUT2D eigenvalue weighted by molar-refractivity contribution is 5.98. The van der Waals surface area contributed by atoms with Crippen LogP contribution in [0.15, 0.2) is 24.3 Å². The standard InChI is InChI=1S/C34H40F2N6O3/c1-2-24-26(36)6-5-21-13-23(43)14-28(29(21)24)40-12-7-25-27(17-40)38-32(45-20-34-9-4-11-42(34)16-22(35)15-34)39-30(25)41-10-3-8-33(19-41)18-37-31(33)44/h5-6,13-14,22,43H,2-4,7-12,15-20H2,1H3,(H,37,44)/t22-,33?,34+/m1/s1. The number of hydrogen-bond donors (Lipinski definition) is 2. The third-order valence-corrected chi connectivity index (χ3v) is 11.0. The van der Waals surface area contributed by atoms with Gasteiger partial charge in [0, 0.05) is 61.8 Å². The summed E-state index contributed by atoms with van der Waals surface area (Å²) in [5, 5.41) is 15.2. The maximum Gasteiger partial charge on any atom is 0.318 e. The summed E-state index contributed by atoms with van der Waals surface area (Å²) in [6, 6.07) is 6.86. The summed E-state index contributed by atoms with van der Waals surface area (Å²) in [5.74, 6) is 0.793. The molecular formula is C34H40F2N6O3. The Hall–Kier alpha value is -3.73. The van der Waals surface area contributed by atoms with Crippen molar-refractivity contribution in [3.8, 4) is 11.8 Å². The molecule has 4 saturated heterocycles. The molecule has 1 aromatic heterocycles. The van der Waals surface area contributed by atoms with E-state index >= 15 is 0 Å². The number of amides is 1. The number of nitrogens with one attached hydrogen (secondary N) is 1. The van der Waals surface area contributed by atoms with E-state index in [0.717, 1.165) is 72.3 Å². The number of ether oxygens (including phenoxy) is 1. The Morgan fingerprint density at radius 1 is 1.13 bits per heavy atom. The number of aromatic hydroxyl groups is 1. The van der Waals surface area contributed by atoms with E-state index in [-0.39, 0.29) is 34.4 Å². The lowest BCUT2D eigenvalue weighted by molar-refractivity contribution is -0.140. The van der Waals surface area contributed by atoms with Crippen molar-refractivity contribution < 1.29 is 23.4 Å². The van der Waals surface area contributed by atoms with Crippen LogP contribution in [0.25, 0.3) is 10.8 Å². The number of carbonyl (C=O) groups excluding carboxylic acids is 1. The summed E-state index contributed by atoms with van der Waals surface area (Å²) < 4.78 is 35.9. The maximum atomic E-state index is 15.0. The van der Waals surface area contributed by atoms with Crippen LogP contribution in [0.3, 0.4) is 0 Å². The van der Waals surface area contributed by atoms with E-state index in [2.05, 4.69) is 20.0 Å². The molecule has 2 N–H and O–H groups in total. The summed E-state index contributed by atoms with van der Waals surface area (Å²) in [6.45, 7) is 6.74. The third-order valence-electron chi connectivity index (χ3n) is 11.0. The molecule has 5 aliphatic heterocycles. The predicted molar refractivity (Wildman–Crippen MR) is 167 cm³/mol. The second-order valence-corrected chi connectivity index (χ2v) is 13.7. The number of benzene rings is 2. The average molecular weight is 619 g/mol. The zero-order chi connectivity index (χ0) is 30.9. The Bertz CT molecular complexity index is 1690. The fourth-order valence-corrected chi connectivity index (χ4v) is 8.69. The number of phenolic OH excluding ortho intramolecular Hbond substituents is 1. The molecule has 4 fully saturated rings. The van der Waals surface area contributed by atoms with E-state index in [9.17, 15) is 18.7 Å². The molecule has 5 aliphatic rings. The zero-order valence-electron chi connectivity index (χ0n) is 25.7. The molecule has 3 aromatic rings. The first-order valence-electron chi connectivity index (χ1n) is 16.4. The summed E-state index contributed by atoms with van der Waals surface area (Å²) in [6.07, 6.45) is 4.46. The molecule has 6 heterocycles. The van der Waals surface area contributed by atoms with E-state index in [1.54, 1.807) is 18.2 Å². The number of nitrogens with zero attached hydrogens (tertiary/aromatic N) is 5. The number of alkyl halides is 1. The monoisotopic (exact) mass is 618 g/mol. The van der Waals surface area contributed by atoms with E-state index in [4.69, 9.17) is 14.7 Å². The van der Waals surface area contributed by atoms with Crippen LogP contribution in [0.2, 0.25) is 0 Å². The fraction of sp³-hybridized carbons (Fsp3) is 0.559. The van der Waals surface area contributed by atoms with Gasteiger partial charge in [-0.05, 0) is 68.2 Å². The Labute approximate surface area is 261 Å². The van der Waals surface area contributed by atoms with Gasteiger partial charge < -0.3 is 25.0 Å². The lowest BCUT2D eigenvalue weighted by Gasteiger charge is -2.48. The van der Waals surface area contributed by atoms with Crippen molar-refractivity contribution in [3.63, 3.8) is 0 Å². The molecule has 0 bridgehead atoms. The number of phenols is 1. The molecule has 2 aromatic carbocycles. The van der Waals surface area contributed by atoms with Crippen molar-refractivity contribution in [1.82, 2.24) is 20.2 Å². The van der Waals surface area contributed by atoms with Crippen molar-refractivity contribution in [2.75, 3.05) is 55.7 Å². The number of rotatable bonds is 6. The molecule has 1 unspecified atom stereocenters. The van der Waals surface area contributed by atoms with Gasteiger partial charge >= 0.3 is 6.01 Å². The van der Waals surface area contributed by atoms with Crippen LogP contribution >= 0.6 is 0 Å². The highest BCUT2D eigenvalue weighted by Crippen LogP contribution is 2.43. The molecule has 9 nitrogen and oxygen atoms in total. The van der Waals surface area contributed by atoms with E-state index in [0.29, 0.717) is 64.2 Å². The van der Waals surface area contributed by atoms with Crippen LogP contribution in [0, 0.1) is 11.2 Å². The number of piperidine rings is 1. The van der Waals surface area contributed by atoms with Crippen molar-refractivity contribution in [3.05, 3.63) is 46.9 Å². The predicted octanol–water partition coefficient (Wildman–Crippen LogP) is 4.27. The average Bonchev–Trinajstić information content (AvgIpc) is 3.57. The molecular weight excluding hydrogens is 578 g/mol. The summed E-state index contributed by atoms with van der Waals surface area (Å²) in [5.41, 5.74) is 2.54. The highest BCUT2D eigenvalue weighted by atomic mass is 19.1. The van der Waals surface area contributed by atoms with Crippen LogP contribution in [0.5, 0.6) is 11.8 Å². The maximum absolute atomic E-state index is 15.0. The summed E-state index contributed by atoms with van der Waals surface area (Å²) >= 11 is 0. The minimum absolute atomic E-state index is 0.106. The zero-order valence-corrected chi connectivity index (χ0v) is 25.7. The van der Waals surface area contributed by atoms with E-state index in [1.807, 2.05) is 6.92 Å². The second-order valence-electron chi connectivity index (χ2n) is 13.7. The number of carbonyl (C=O) groups is 1. The summed E-state index contributed by atoms with van der Waals surface area (Å²) in [7, 11) is 0. The number of aromatic nitrogens is 2. The van der Waals surface area contributed by atoms with Gasteiger partial charge in [-0.1, -0.05) is 13.0 Å². The first kappa shape index (κ1) is 28.7. The Balaban J connectivity index is 1.17.